The van der Waals surface area contributed by atoms with Crippen LogP contribution >= 0.6 is 0 Å². The van der Waals surface area contributed by atoms with Gasteiger partial charge in [-0.25, -0.2) is 4.39 Å². The highest BCUT2D eigenvalue weighted by Crippen LogP contribution is 2.26. The van der Waals surface area contributed by atoms with Crippen LogP contribution in [0.2, 0.25) is 0 Å². The van der Waals surface area contributed by atoms with E-state index in [2.05, 4.69) is 4.90 Å². The van der Waals surface area contributed by atoms with Crippen molar-refractivity contribution in [1.82, 2.24) is 4.90 Å². The Hall–Kier alpha value is -0.930. The van der Waals surface area contributed by atoms with E-state index >= 15 is 0 Å². The van der Waals surface area contributed by atoms with Crippen molar-refractivity contribution in [2.75, 3.05) is 13.6 Å². The molecule has 0 aromatic heterocycles. The first-order valence-corrected chi connectivity index (χ1v) is 7.34. The molecule has 1 aromatic carbocycles. The van der Waals surface area contributed by atoms with Crippen LogP contribution in [0.25, 0.3) is 0 Å². The molecule has 0 aliphatic heterocycles. The summed E-state index contributed by atoms with van der Waals surface area (Å²) in [4.78, 5) is 2.14. The predicted octanol–water partition coefficient (Wildman–Crippen LogP) is 3.17. The molecule has 1 aliphatic carbocycles. The Labute approximate surface area is 115 Å². The second-order valence-corrected chi connectivity index (χ2v) is 5.85. The Bertz CT molecular complexity index is 388. The lowest BCUT2D eigenvalue weighted by Gasteiger charge is -2.30. The van der Waals surface area contributed by atoms with E-state index in [9.17, 15) is 4.39 Å². The summed E-state index contributed by atoms with van der Waals surface area (Å²) in [6, 6.07) is 7.19. The maximum Gasteiger partial charge on any atom is 0.127 e. The standard InChI is InChI=1S/C16H25FN2/c1-19(11-14-9-5-6-10-15(14)17)12-16(18)13-7-3-2-4-8-13/h5-6,9-10,13,16H,2-4,7-8,11-12,18H2,1H3. The Morgan fingerprint density at radius 1 is 1.26 bits per heavy atom. The Morgan fingerprint density at radius 2 is 1.95 bits per heavy atom. The molecule has 2 N–H and O–H groups in total. The van der Waals surface area contributed by atoms with Gasteiger partial charge in [0.25, 0.3) is 0 Å². The zero-order chi connectivity index (χ0) is 13.7. The molecule has 0 amide bonds. The summed E-state index contributed by atoms with van der Waals surface area (Å²) in [5.74, 6) is 0.525. The predicted molar refractivity (Wildman–Crippen MR) is 77.3 cm³/mol. The number of benzene rings is 1. The minimum atomic E-state index is -0.124. The summed E-state index contributed by atoms with van der Waals surface area (Å²) >= 11 is 0. The van der Waals surface area contributed by atoms with Crippen LogP contribution < -0.4 is 5.73 Å². The van der Waals surface area contributed by atoms with Gasteiger partial charge in [-0.2, -0.15) is 0 Å². The zero-order valence-electron chi connectivity index (χ0n) is 11.8. The van der Waals surface area contributed by atoms with Gasteiger partial charge in [-0.3, -0.25) is 0 Å². The summed E-state index contributed by atoms with van der Waals surface area (Å²) in [5.41, 5.74) is 7.06. The molecule has 3 heteroatoms. The van der Waals surface area contributed by atoms with Crippen LogP contribution in [-0.4, -0.2) is 24.5 Å². The van der Waals surface area contributed by atoms with E-state index < -0.39 is 0 Å². The molecule has 0 saturated heterocycles. The largest absolute Gasteiger partial charge is 0.326 e. The second-order valence-electron chi connectivity index (χ2n) is 5.85. The maximum atomic E-state index is 13.6. The average molecular weight is 264 g/mol. The quantitative estimate of drug-likeness (QED) is 0.885. The smallest absolute Gasteiger partial charge is 0.127 e. The molecule has 1 unspecified atom stereocenters. The molecule has 0 bridgehead atoms. The Morgan fingerprint density at radius 3 is 2.63 bits per heavy atom. The average Bonchev–Trinajstić information content (AvgIpc) is 2.42. The zero-order valence-corrected chi connectivity index (χ0v) is 11.8. The van der Waals surface area contributed by atoms with E-state index in [1.807, 2.05) is 19.2 Å². The number of nitrogens with zero attached hydrogens (tertiary/aromatic N) is 1. The van der Waals surface area contributed by atoms with Crippen LogP contribution in [0, 0.1) is 11.7 Å². The molecule has 1 aromatic rings. The molecular weight excluding hydrogens is 239 g/mol. The highest BCUT2D eigenvalue weighted by molar-refractivity contribution is 5.17. The number of likely N-dealkylation sites (N-methyl/N-ethyl adjacent to an activating group) is 1. The molecular formula is C16H25FN2. The van der Waals surface area contributed by atoms with Crippen LogP contribution in [0.5, 0.6) is 0 Å². The lowest BCUT2D eigenvalue weighted by Crippen LogP contribution is -2.41. The topological polar surface area (TPSA) is 29.3 Å². The fourth-order valence-corrected chi connectivity index (χ4v) is 3.05. The Balaban J connectivity index is 1.83. The van der Waals surface area contributed by atoms with Crippen LogP contribution in [0.4, 0.5) is 4.39 Å². The molecule has 1 atom stereocenters. The van der Waals surface area contributed by atoms with Crippen molar-refractivity contribution in [3.8, 4) is 0 Å². The van der Waals surface area contributed by atoms with Crippen molar-refractivity contribution >= 4 is 0 Å². The summed E-state index contributed by atoms with van der Waals surface area (Å²) in [7, 11) is 2.02. The van der Waals surface area contributed by atoms with Gasteiger partial charge in [0.05, 0.1) is 0 Å². The molecule has 1 fully saturated rings. The fraction of sp³-hybridized carbons (Fsp3) is 0.625. The van der Waals surface area contributed by atoms with Gasteiger partial charge in [0.15, 0.2) is 0 Å². The van der Waals surface area contributed by atoms with Gasteiger partial charge in [-0.05, 0) is 31.9 Å². The third kappa shape index (κ3) is 4.29. The maximum absolute atomic E-state index is 13.6. The fourth-order valence-electron chi connectivity index (χ4n) is 3.05. The minimum Gasteiger partial charge on any atom is -0.326 e. The molecule has 0 heterocycles. The molecule has 106 valence electrons. The summed E-state index contributed by atoms with van der Waals surface area (Å²) in [5, 5.41) is 0. The lowest BCUT2D eigenvalue weighted by molar-refractivity contribution is 0.227. The van der Waals surface area contributed by atoms with E-state index in [-0.39, 0.29) is 11.9 Å². The molecule has 1 aliphatic rings. The third-order valence-corrected chi connectivity index (χ3v) is 4.18. The third-order valence-electron chi connectivity index (χ3n) is 4.18. The van der Waals surface area contributed by atoms with E-state index in [1.165, 1.54) is 38.2 Å². The van der Waals surface area contributed by atoms with Crippen LogP contribution in [0.1, 0.15) is 37.7 Å². The molecule has 2 rings (SSSR count). The first-order chi connectivity index (χ1) is 9.16. The van der Waals surface area contributed by atoms with Crippen LogP contribution in [0.3, 0.4) is 0 Å². The van der Waals surface area contributed by atoms with Gasteiger partial charge < -0.3 is 10.6 Å². The second kappa shape index (κ2) is 7.01. The van der Waals surface area contributed by atoms with E-state index in [0.717, 1.165) is 12.1 Å². The van der Waals surface area contributed by atoms with Crippen LogP contribution in [-0.2, 0) is 6.54 Å². The molecule has 1 saturated carbocycles. The van der Waals surface area contributed by atoms with Crippen molar-refractivity contribution < 1.29 is 4.39 Å². The summed E-state index contributed by atoms with van der Waals surface area (Å²) in [6.45, 7) is 1.48. The monoisotopic (exact) mass is 264 g/mol. The van der Waals surface area contributed by atoms with E-state index in [0.29, 0.717) is 12.5 Å². The van der Waals surface area contributed by atoms with Gasteiger partial charge in [-0.15, -0.1) is 0 Å². The number of rotatable bonds is 5. The first-order valence-electron chi connectivity index (χ1n) is 7.34. The molecule has 0 radical (unpaired) electrons. The van der Waals surface area contributed by atoms with Crippen molar-refractivity contribution in [3.63, 3.8) is 0 Å². The van der Waals surface area contributed by atoms with Gasteiger partial charge in [0.1, 0.15) is 5.82 Å². The first kappa shape index (κ1) is 14.5. The van der Waals surface area contributed by atoms with Gasteiger partial charge >= 0.3 is 0 Å². The minimum absolute atomic E-state index is 0.124. The SMILES string of the molecule is CN(Cc1ccccc1F)CC(N)C1CCCCC1. The number of nitrogens with two attached hydrogens (primary N) is 1. The summed E-state index contributed by atoms with van der Waals surface area (Å²) < 4.78 is 13.6. The number of hydrogen-bond acceptors (Lipinski definition) is 2. The van der Waals surface area contributed by atoms with Crippen molar-refractivity contribution in [2.24, 2.45) is 11.7 Å². The summed E-state index contributed by atoms with van der Waals surface area (Å²) in [6.07, 6.45) is 6.50. The highest BCUT2D eigenvalue weighted by Gasteiger charge is 2.21. The van der Waals surface area contributed by atoms with Gasteiger partial charge in [0.2, 0.25) is 0 Å². The van der Waals surface area contributed by atoms with Gasteiger partial charge in [-0.1, -0.05) is 37.5 Å². The van der Waals surface area contributed by atoms with Crippen LogP contribution in [0.15, 0.2) is 24.3 Å². The Kier molecular flexibility index (Phi) is 5.34. The number of halogens is 1. The van der Waals surface area contributed by atoms with E-state index in [1.54, 1.807) is 6.07 Å². The highest BCUT2D eigenvalue weighted by atomic mass is 19.1. The lowest BCUT2D eigenvalue weighted by atomic mass is 9.84. The van der Waals surface area contributed by atoms with Crippen molar-refractivity contribution in [2.45, 2.75) is 44.7 Å². The molecule has 2 nitrogen and oxygen atoms in total. The van der Waals surface area contributed by atoms with E-state index in [4.69, 9.17) is 5.73 Å². The number of hydrogen-bond donors (Lipinski definition) is 1. The molecule has 0 spiro atoms. The van der Waals surface area contributed by atoms with Crippen molar-refractivity contribution in [1.29, 1.82) is 0 Å². The molecule has 19 heavy (non-hydrogen) atoms. The van der Waals surface area contributed by atoms with Crippen molar-refractivity contribution in [3.05, 3.63) is 35.6 Å². The normalized spacial score (nSPS) is 18.7. The van der Waals surface area contributed by atoms with Gasteiger partial charge in [0, 0.05) is 24.7 Å².